The van der Waals surface area contributed by atoms with Gasteiger partial charge in [-0.25, -0.2) is 9.97 Å². The number of ether oxygens (including phenoxy) is 1. The minimum Gasteiger partial charge on any atom is -0.480 e. The molecule has 1 aromatic carbocycles. The zero-order valence-electron chi connectivity index (χ0n) is 15.7. The molecule has 1 N–H and O–H groups in total. The van der Waals surface area contributed by atoms with Crippen molar-refractivity contribution in [1.29, 1.82) is 0 Å². The third-order valence-electron chi connectivity index (χ3n) is 4.29. The average Bonchev–Trinajstić information content (AvgIpc) is 3.04. The van der Waals surface area contributed by atoms with Gasteiger partial charge in [-0.2, -0.15) is 4.98 Å². The number of imidazole rings is 1. The molecule has 0 fully saturated rings. The van der Waals surface area contributed by atoms with E-state index in [2.05, 4.69) is 58.0 Å². The lowest BCUT2D eigenvalue weighted by molar-refractivity contribution is 0.185. The van der Waals surface area contributed by atoms with Gasteiger partial charge in [0.25, 0.3) is 0 Å². The molecule has 0 saturated heterocycles. The van der Waals surface area contributed by atoms with Gasteiger partial charge in [0.05, 0.1) is 18.6 Å². The third-order valence-corrected chi connectivity index (χ3v) is 4.46. The summed E-state index contributed by atoms with van der Waals surface area (Å²) >= 11 is 5.95. The highest BCUT2D eigenvalue weighted by atomic mass is 35.5. The molecule has 2 heterocycles. The summed E-state index contributed by atoms with van der Waals surface area (Å²) < 4.78 is 7.66. The molecule has 27 heavy (non-hydrogen) atoms. The molecule has 0 saturated carbocycles. The molecule has 0 bridgehead atoms. The molecule has 0 unspecified atom stereocenters. The summed E-state index contributed by atoms with van der Waals surface area (Å²) in [5.41, 5.74) is 4.82. The molecule has 3 aromatic rings. The first kappa shape index (κ1) is 19.2. The molecular weight excluding hydrogens is 362 g/mol. The van der Waals surface area contributed by atoms with Crippen LogP contribution in [0.5, 0.6) is 0 Å². The van der Waals surface area contributed by atoms with E-state index in [1.54, 1.807) is 6.33 Å². The fourth-order valence-corrected chi connectivity index (χ4v) is 2.96. The number of halogens is 1. The molecule has 0 aliphatic heterocycles. The lowest BCUT2D eigenvalue weighted by atomic mass is 10.1. The summed E-state index contributed by atoms with van der Waals surface area (Å²) in [6.07, 6.45) is 3.63. The second-order valence-corrected chi connectivity index (χ2v) is 6.84. The Balaban J connectivity index is 1.38. The minimum absolute atomic E-state index is 0.251. The van der Waals surface area contributed by atoms with Crippen molar-refractivity contribution < 1.29 is 4.74 Å². The monoisotopic (exact) mass is 385 g/mol. The number of benzene rings is 1. The molecule has 2 aromatic heterocycles. The van der Waals surface area contributed by atoms with E-state index < -0.39 is 0 Å². The summed E-state index contributed by atoms with van der Waals surface area (Å²) in [4.78, 5) is 12.8. The number of rotatable bonds is 9. The summed E-state index contributed by atoms with van der Waals surface area (Å²) in [6, 6.07) is 8.39. The fraction of sp³-hybridized carbons (Fsp3) is 0.350. The number of nitrogens with one attached hydrogen (secondary N) is 1. The van der Waals surface area contributed by atoms with E-state index in [0.29, 0.717) is 19.0 Å². The summed E-state index contributed by atoms with van der Waals surface area (Å²) in [5, 5.41) is 3.45. The smallest absolute Gasteiger partial charge is 0.224 e. The Morgan fingerprint density at radius 2 is 1.96 bits per heavy atom. The maximum Gasteiger partial charge on any atom is 0.224 e. The van der Waals surface area contributed by atoms with Crippen molar-refractivity contribution in [1.82, 2.24) is 24.8 Å². The van der Waals surface area contributed by atoms with Crippen molar-refractivity contribution in [3.05, 3.63) is 65.2 Å². The van der Waals surface area contributed by atoms with Crippen LogP contribution in [-0.2, 0) is 17.8 Å². The van der Waals surface area contributed by atoms with Gasteiger partial charge in [-0.1, -0.05) is 29.8 Å². The number of nitrogens with zero attached hydrogens (tertiary/aromatic N) is 4. The van der Waals surface area contributed by atoms with E-state index in [9.17, 15) is 0 Å². The lowest BCUT2D eigenvalue weighted by Gasteiger charge is -2.12. The first-order chi connectivity index (χ1) is 13.0. The van der Waals surface area contributed by atoms with Crippen LogP contribution in [0.1, 0.15) is 29.7 Å². The minimum atomic E-state index is 0.251. The maximum atomic E-state index is 5.95. The van der Waals surface area contributed by atoms with E-state index in [4.69, 9.17) is 16.3 Å². The number of hydrogen-bond donors (Lipinski definition) is 1. The molecule has 142 valence electrons. The van der Waals surface area contributed by atoms with Gasteiger partial charge in [0.2, 0.25) is 5.28 Å². The van der Waals surface area contributed by atoms with E-state index in [1.807, 2.05) is 11.5 Å². The van der Waals surface area contributed by atoms with Crippen LogP contribution in [-0.4, -0.2) is 26.1 Å². The van der Waals surface area contributed by atoms with Crippen LogP contribution in [0.2, 0.25) is 5.28 Å². The van der Waals surface area contributed by atoms with Crippen molar-refractivity contribution in [2.45, 2.75) is 39.8 Å². The van der Waals surface area contributed by atoms with Crippen molar-refractivity contribution in [3.8, 4) is 0 Å². The molecule has 0 atom stereocenters. The highest BCUT2D eigenvalue weighted by Gasteiger charge is 2.09. The number of unbranched alkanes of at least 4 members (excludes halogenated alkanes) is 1. The van der Waals surface area contributed by atoms with Crippen LogP contribution < -0.4 is 5.32 Å². The van der Waals surface area contributed by atoms with Gasteiger partial charge < -0.3 is 14.6 Å². The van der Waals surface area contributed by atoms with Gasteiger partial charge in [0.15, 0.2) is 11.5 Å². The normalized spacial score (nSPS) is 10.9. The number of aromatic nitrogens is 4. The molecule has 0 aliphatic rings. The molecule has 0 amide bonds. The Hall–Kier alpha value is -2.60. The number of fused-ring (bicyclic) bond motifs is 1. The van der Waals surface area contributed by atoms with Crippen LogP contribution in [0.25, 0.3) is 11.2 Å². The quantitative estimate of drug-likeness (QED) is 0.340. The van der Waals surface area contributed by atoms with Crippen LogP contribution >= 0.6 is 11.6 Å². The first-order valence-electron chi connectivity index (χ1n) is 8.99. The van der Waals surface area contributed by atoms with E-state index in [0.717, 1.165) is 36.2 Å². The Morgan fingerprint density at radius 1 is 1.19 bits per heavy atom. The molecule has 0 aliphatic carbocycles. The molecule has 3 rings (SSSR count). The second-order valence-electron chi connectivity index (χ2n) is 6.51. The SMILES string of the molecule is C=C(NCc1ccc(C)cc1)OCCCCn1cnc2c(C)nc(Cl)nc21. The summed E-state index contributed by atoms with van der Waals surface area (Å²) in [7, 11) is 0. The predicted molar refractivity (Wildman–Crippen MR) is 107 cm³/mol. The van der Waals surface area contributed by atoms with Crippen LogP contribution in [0, 0.1) is 13.8 Å². The highest BCUT2D eigenvalue weighted by molar-refractivity contribution is 6.28. The summed E-state index contributed by atoms with van der Waals surface area (Å²) in [6.45, 7) is 10.0. The molecule has 0 radical (unpaired) electrons. The maximum absolute atomic E-state index is 5.95. The zero-order valence-corrected chi connectivity index (χ0v) is 16.5. The molecular formula is C20H24ClN5O. The van der Waals surface area contributed by atoms with E-state index in [1.165, 1.54) is 11.1 Å². The third kappa shape index (κ3) is 5.20. The van der Waals surface area contributed by atoms with Crippen molar-refractivity contribution in [3.63, 3.8) is 0 Å². The number of aryl methyl sites for hydroxylation is 3. The van der Waals surface area contributed by atoms with Crippen molar-refractivity contribution in [2.75, 3.05) is 6.61 Å². The average molecular weight is 386 g/mol. The van der Waals surface area contributed by atoms with Gasteiger partial charge >= 0.3 is 0 Å². The Morgan fingerprint density at radius 3 is 2.74 bits per heavy atom. The zero-order chi connectivity index (χ0) is 19.2. The largest absolute Gasteiger partial charge is 0.480 e. The van der Waals surface area contributed by atoms with Crippen LogP contribution in [0.3, 0.4) is 0 Å². The van der Waals surface area contributed by atoms with Crippen molar-refractivity contribution >= 4 is 22.8 Å². The molecule has 6 nitrogen and oxygen atoms in total. The van der Waals surface area contributed by atoms with Gasteiger partial charge in [-0.3, -0.25) is 0 Å². The first-order valence-corrected chi connectivity index (χ1v) is 9.37. The van der Waals surface area contributed by atoms with Gasteiger partial charge in [0, 0.05) is 13.1 Å². The van der Waals surface area contributed by atoms with Gasteiger partial charge in [0.1, 0.15) is 5.52 Å². The van der Waals surface area contributed by atoms with Crippen molar-refractivity contribution in [2.24, 2.45) is 0 Å². The molecule has 7 heteroatoms. The number of hydrogen-bond acceptors (Lipinski definition) is 5. The predicted octanol–water partition coefficient (Wildman–Crippen LogP) is 4.15. The topological polar surface area (TPSA) is 64.9 Å². The highest BCUT2D eigenvalue weighted by Crippen LogP contribution is 2.16. The van der Waals surface area contributed by atoms with Gasteiger partial charge in [-0.05, 0) is 50.4 Å². The van der Waals surface area contributed by atoms with E-state index >= 15 is 0 Å². The molecule has 0 spiro atoms. The van der Waals surface area contributed by atoms with Crippen LogP contribution in [0.4, 0.5) is 0 Å². The van der Waals surface area contributed by atoms with Gasteiger partial charge in [-0.15, -0.1) is 0 Å². The Kier molecular flexibility index (Phi) is 6.29. The fourth-order valence-electron chi connectivity index (χ4n) is 2.75. The lowest BCUT2D eigenvalue weighted by Crippen LogP contribution is -2.15. The van der Waals surface area contributed by atoms with E-state index in [-0.39, 0.29) is 5.28 Å². The summed E-state index contributed by atoms with van der Waals surface area (Å²) in [5.74, 6) is 0.596. The standard InChI is InChI=1S/C20H24ClN5O/c1-14-6-8-17(9-7-14)12-22-16(3)27-11-5-4-10-26-13-23-18-15(2)24-20(21)25-19(18)26/h6-9,13,22H,3-5,10-12H2,1-2H3. The van der Waals surface area contributed by atoms with Crippen LogP contribution in [0.15, 0.2) is 43.1 Å². The Labute approximate surface area is 164 Å². The Bertz CT molecular complexity index is 920. The second kappa shape index (κ2) is 8.86.